The summed E-state index contributed by atoms with van der Waals surface area (Å²) < 4.78 is 13.0. The van der Waals surface area contributed by atoms with Crippen molar-refractivity contribution >= 4 is 18.5 Å². The Kier molecular flexibility index (Phi) is 5.44. The highest BCUT2D eigenvalue weighted by molar-refractivity contribution is 7.80. The average molecular weight is 257 g/mol. The molecule has 1 aromatic carbocycles. The van der Waals surface area contributed by atoms with E-state index in [1.807, 2.05) is 6.92 Å². The van der Waals surface area contributed by atoms with Crippen molar-refractivity contribution in [1.29, 1.82) is 0 Å². The Labute approximate surface area is 105 Å². The van der Waals surface area contributed by atoms with E-state index in [9.17, 15) is 9.18 Å². The van der Waals surface area contributed by atoms with Crippen LogP contribution in [0.15, 0.2) is 23.1 Å². The van der Waals surface area contributed by atoms with E-state index < -0.39 is 5.82 Å². The third kappa shape index (κ3) is 4.36. The van der Waals surface area contributed by atoms with E-state index >= 15 is 0 Å². The molecule has 94 valence electrons. The average Bonchev–Trinajstić information content (AvgIpc) is 2.30. The minimum atomic E-state index is -0.446. The van der Waals surface area contributed by atoms with Gasteiger partial charge in [-0.3, -0.25) is 4.79 Å². The lowest BCUT2D eigenvalue weighted by Crippen LogP contribution is -2.32. The zero-order chi connectivity index (χ0) is 12.8. The maximum atomic E-state index is 13.0. The van der Waals surface area contributed by atoms with Crippen molar-refractivity contribution in [2.75, 3.05) is 6.61 Å². The third-order valence-corrected chi connectivity index (χ3v) is 2.72. The standard InChI is InChI=1S/C12H16FNO2S/c1-8(3-2-6-15)14-12(16)9-4-5-10(13)11(17)7-9/h4-5,7-8,15,17H,2-3,6H2,1H3,(H,14,16). The quantitative estimate of drug-likeness (QED) is 0.707. The number of thiol groups is 1. The SMILES string of the molecule is CC(CCCO)NC(=O)c1ccc(F)c(S)c1. The monoisotopic (exact) mass is 257 g/mol. The first-order valence-electron chi connectivity index (χ1n) is 5.45. The number of aliphatic hydroxyl groups is 1. The van der Waals surface area contributed by atoms with Gasteiger partial charge in [0, 0.05) is 23.1 Å². The van der Waals surface area contributed by atoms with Gasteiger partial charge in [-0.05, 0) is 38.0 Å². The molecule has 0 fully saturated rings. The van der Waals surface area contributed by atoms with Crippen LogP contribution in [-0.2, 0) is 0 Å². The highest BCUT2D eigenvalue weighted by Gasteiger charge is 2.10. The molecule has 17 heavy (non-hydrogen) atoms. The number of carbonyl (C=O) groups excluding carboxylic acids is 1. The van der Waals surface area contributed by atoms with E-state index in [4.69, 9.17) is 5.11 Å². The summed E-state index contributed by atoms with van der Waals surface area (Å²) in [6, 6.07) is 4.01. The maximum absolute atomic E-state index is 13.0. The molecule has 0 heterocycles. The molecule has 0 bridgehead atoms. The molecule has 0 aliphatic heterocycles. The smallest absolute Gasteiger partial charge is 0.251 e. The van der Waals surface area contributed by atoms with Gasteiger partial charge in [-0.2, -0.15) is 0 Å². The van der Waals surface area contributed by atoms with Crippen LogP contribution in [-0.4, -0.2) is 23.7 Å². The molecule has 1 aromatic rings. The van der Waals surface area contributed by atoms with E-state index in [1.165, 1.54) is 18.2 Å². The summed E-state index contributed by atoms with van der Waals surface area (Å²) in [6.45, 7) is 1.97. The van der Waals surface area contributed by atoms with Crippen molar-refractivity contribution in [3.63, 3.8) is 0 Å². The maximum Gasteiger partial charge on any atom is 0.251 e. The number of aliphatic hydroxyl groups excluding tert-OH is 1. The fourth-order valence-corrected chi connectivity index (χ4v) is 1.64. The van der Waals surface area contributed by atoms with Crippen molar-refractivity contribution in [2.45, 2.75) is 30.7 Å². The van der Waals surface area contributed by atoms with Gasteiger partial charge in [-0.1, -0.05) is 0 Å². The number of amides is 1. The van der Waals surface area contributed by atoms with Crippen LogP contribution in [0.2, 0.25) is 0 Å². The molecule has 1 rings (SSSR count). The molecule has 0 saturated carbocycles. The van der Waals surface area contributed by atoms with Crippen LogP contribution in [0.5, 0.6) is 0 Å². The highest BCUT2D eigenvalue weighted by atomic mass is 32.1. The Morgan fingerprint density at radius 1 is 1.59 bits per heavy atom. The van der Waals surface area contributed by atoms with Crippen molar-refractivity contribution in [2.24, 2.45) is 0 Å². The van der Waals surface area contributed by atoms with Crippen LogP contribution in [0, 0.1) is 5.82 Å². The Morgan fingerprint density at radius 3 is 2.88 bits per heavy atom. The van der Waals surface area contributed by atoms with Gasteiger partial charge >= 0.3 is 0 Å². The summed E-state index contributed by atoms with van der Waals surface area (Å²) in [5, 5.41) is 11.4. The van der Waals surface area contributed by atoms with Crippen LogP contribution in [0.1, 0.15) is 30.1 Å². The van der Waals surface area contributed by atoms with Crippen molar-refractivity contribution in [3.05, 3.63) is 29.6 Å². The predicted molar refractivity (Wildman–Crippen MR) is 66.9 cm³/mol. The van der Waals surface area contributed by atoms with Gasteiger partial charge in [0.25, 0.3) is 5.91 Å². The van der Waals surface area contributed by atoms with Gasteiger partial charge in [-0.15, -0.1) is 12.6 Å². The molecule has 1 atom stereocenters. The fourth-order valence-electron chi connectivity index (χ4n) is 1.43. The van der Waals surface area contributed by atoms with Gasteiger partial charge in [0.15, 0.2) is 0 Å². The second kappa shape index (κ2) is 6.61. The number of hydrogen-bond donors (Lipinski definition) is 3. The molecule has 0 aliphatic rings. The van der Waals surface area contributed by atoms with Gasteiger partial charge < -0.3 is 10.4 Å². The molecular weight excluding hydrogens is 241 g/mol. The van der Waals surface area contributed by atoms with Crippen molar-refractivity contribution in [1.82, 2.24) is 5.32 Å². The third-order valence-electron chi connectivity index (χ3n) is 2.38. The largest absolute Gasteiger partial charge is 0.396 e. The number of carbonyl (C=O) groups is 1. The van der Waals surface area contributed by atoms with E-state index in [2.05, 4.69) is 17.9 Å². The number of halogens is 1. The minimum absolute atomic E-state index is 0.0249. The van der Waals surface area contributed by atoms with E-state index in [-0.39, 0.29) is 23.5 Å². The number of benzene rings is 1. The molecule has 3 nitrogen and oxygen atoms in total. The van der Waals surface area contributed by atoms with Gasteiger partial charge in [0.2, 0.25) is 0 Å². The Balaban J connectivity index is 2.60. The highest BCUT2D eigenvalue weighted by Crippen LogP contribution is 2.14. The lowest BCUT2D eigenvalue weighted by molar-refractivity contribution is 0.0936. The Bertz CT molecular complexity index is 398. The second-order valence-corrected chi connectivity index (χ2v) is 4.39. The molecule has 0 spiro atoms. The van der Waals surface area contributed by atoms with Crippen molar-refractivity contribution in [3.8, 4) is 0 Å². The number of rotatable bonds is 5. The van der Waals surface area contributed by atoms with Crippen LogP contribution >= 0.6 is 12.6 Å². The lowest BCUT2D eigenvalue weighted by Gasteiger charge is -2.13. The predicted octanol–water partition coefficient (Wildman–Crippen LogP) is 2.01. The summed E-state index contributed by atoms with van der Waals surface area (Å²) in [7, 11) is 0. The first-order chi connectivity index (χ1) is 8.04. The molecular formula is C12H16FNO2S. The van der Waals surface area contributed by atoms with Gasteiger partial charge in [0.1, 0.15) is 5.82 Å². The van der Waals surface area contributed by atoms with Crippen LogP contribution in [0.4, 0.5) is 4.39 Å². The molecule has 1 unspecified atom stereocenters. The van der Waals surface area contributed by atoms with Crippen LogP contribution in [0.25, 0.3) is 0 Å². The molecule has 0 saturated heterocycles. The summed E-state index contributed by atoms with van der Waals surface area (Å²) in [5.74, 6) is -0.705. The van der Waals surface area contributed by atoms with E-state index in [0.717, 1.165) is 0 Å². The topological polar surface area (TPSA) is 49.3 Å². The summed E-state index contributed by atoms with van der Waals surface area (Å²) in [5.41, 5.74) is 0.382. The Morgan fingerprint density at radius 2 is 2.29 bits per heavy atom. The molecule has 0 aromatic heterocycles. The van der Waals surface area contributed by atoms with E-state index in [1.54, 1.807) is 0 Å². The fraction of sp³-hybridized carbons (Fsp3) is 0.417. The summed E-state index contributed by atoms with van der Waals surface area (Å²) in [4.78, 5) is 11.9. The molecule has 2 N–H and O–H groups in total. The summed E-state index contributed by atoms with van der Waals surface area (Å²) in [6.07, 6.45) is 1.35. The van der Waals surface area contributed by atoms with Crippen LogP contribution in [0.3, 0.4) is 0 Å². The molecule has 0 radical (unpaired) electrons. The zero-order valence-electron chi connectivity index (χ0n) is 9.61. The molecule has 0 aliphatic carbocycles. The first-order valence-corrected chi connectivity index (χ1v) is 5.89. The Hall–Kier alpha value is -1.07. The minimum Gasteiger partial charge on any atom is -0.396 e. The van der Waals surface area contributed by atoms with Crippen molar-refractivity contribution < 1.29 is 14.3 Å². The lowest BCUT2D eigenvalue weighted by atomic mass is 10.1. The van der Waals surface area contributed by atoms with Gasteiger partial charge in [-0.25, -0.2) is 4.39 Å². The van der Waals surface area contributed by atoms with Crippen LogP contribution < -0.4 is 5.32 Å². The second-order valence-electron chi connectivity index (χ2n) is 3.91. The first kappa shape index (κ1) is 14.0. The molecule has 1 amide bonds. The normalized spacial score (nSPS) is 12.2. The van der Waals surface area contributed by atoms with Gasteiger partial charge in [0.05, 0.1) is 0 Å². The number of nitrogens with one attached hydrogen (secondary N) is 1. The van der Waals surface area contributed by atoms with E-state index in [0.29, 0.717) is 18.4 Å². The number of hydrogen-bond acceptors (Lipinski definition) is 3. The molecule has 5 heteroatoms. The zero-order valence-corrected chi connectivity index (χ0v) is 10.5. The summed E-state index contributed by atoms with van der Waals surface area (Å²) >= 11 is 3.92.